The standard InChI is InChI=1S/C23H25N5OS.ClH/c29-23-18-7-1-3-9-20(18)24-17-28(23)12-6-5-11-26-13-15-27(16-14-26)22-19-8-2-4-10-21(19)30-25-22;/h1-4,7-10,17H,5-6,11-16H2;1H. The second-order valence-electron chi connectivity index (χ2n) is 7.80. The zero-order valence-electron chi connectivity index (χ0n) is 17.3. The van der Waals surface area contributed by atoms with Crippen LogP contribution < -0.4 is 10.5 Å². The zero-order valence-corrected chi connectivity index (χ0v) is 18.9. The number of para-hydroxylation sites is 1. The summed E-state index contributed by atoms with van der Waals surface area (Å²) < 4.78 is 7.70. The van der Waals surface area contributed by atoms with Crippen LogP contribution in [0.3, 0.4) is 0 Å². The Balaban J connectivity index is 0.00000231. The van der Waals surface area contributed by atoms with Crippen molar-refractivity contribution in [1.82, 2.24) is 18.8 Å². The van der Waals surface area contributed by atoms with Gasteiger partial charge in [0.1, 0.15) is 5.82 Å². The van der Waals surface area contributed by atoms with Gasteiger partial charge in [0.2, 0.25) is 0 Å². The summed E-state index contributed by atoms with van der Waals surface area (Å²) in [7, 11) is 0. The van der Waals surface area contributed by atoms with Crippen LogP contribution in [0, 0.1) is 0 Å². The summed E-state index contributed by atoms with van der Waals surface area (Å²) in [6.07, 6.45) is 3.75. The minimum atomic E-state index is 0. The fourth-order valence-electron chi connectivity index (χ4n) is 4.17. The number of aryl methyl sites for hydroxylation is 1. The van der Waals surface area contributed by atoms with Crippen molar-refractivity contribution in [2.45, 2.75) is 19.4 Å². The number of anilines is 1. The van der Waals surface area contributed by atoms with Gasteiger partial charge in [0.05, 0.1) is 21.9 Å². The van der Waals surface area contributed by atoms with Gasteiger partial charge in [0.25, 0.3) is 5.56 Å². The molecule has 5 rings (SSSR count). The average molecular weight is 456 g/mol. The molecule has 0 spiro atoms. The molecule has 1 aliphatic rings. The maximum Gasteiger partial charge on any atom is 0.261 e. The molecule has 162 valence electrons. The molecule has 8 heteroatoms. The fourth-order valence-corrected chi connectivity index (χ4v) is 4.96. The second kappa shape index (κ2) is 9.77. The van der Waals surface area contributed by atoms with Gasteiger partial charge in [0.15, 0.2) is 0 Å². The van der Waals surface area contributed by atoms with Crippen LogP contribution in [0.2, 0.25) is 0 Å². The summed E-state index contributed by atoms with van der Waals surface area (Å²) in [5.41, 5.74) is 0.828. The molecule has 0 saturated carbocycles. The number of halogens is 1. The van der Waals surface area contributed by atoms with E-state index >= 15 is 0 Å². The highest BCUT2D eigenvalue weighted by Crippen LogP contribution is 2.29. The average Bonchev–Trinajstić information content (AvgIpc) is 3.23. The number of fused-ring (bicyclic) bond motifs is 2. The van der Waals surface area contributed by atoms with E-state index in [1.807, 2.05) is 24.3 Å². The molecule has 31 heavy (non-hydrogen) atoms. The molecule has 6 nitrogen and oxygen atoms in total. The van der Waals surface area contributed by atoms with Crippen molar-refractivity contribution in [2.24, 2.45) is 0 Å². The van der Waals surface area contributed by atoms with Crippen molar-refractivity contribution in [2.75, 3.05) is 37.6 Å². The van der Waals surface area contributed by atoms with Crippen molar-refractivity contribution in [1.29, 1.82) is 0 Å². The second-order valence-corrected chi connectivity index (χ2v) is 8.60. The molecule has 0 aliphatic carbocycles. The van der Waals surface area contributed by atoms with Crippen molar-refractivity contribution < 1.29 is 0 Å². The molecule has 1 aliphatic heterocycles. The third-order valence-electron chi connectivity index (χ3n) is 5.89. The molecule has 1 fully saturated rings. The summed E-state index contributed by atoms with van der Waals surface area (Å²) in [5, 5.41) is 1.97. The maximum absolute atomic E-state index is 12.6. The van der Waals surface area contributed by atoms with E-state index in [0.29, 0.717) is 5.39 Å². The lowest BCUT2D eigenvalue weighted by Gasteiger charge is -2.35. The highest BCUT2D eigenvalue weighted by Gasteiger charge is 2.20. The molecule has 2 aromatic carbocycles. The van der Waals surface area contributed by atoms with E-state index in [4.69, 9.17) is 4.37 Å². The molecule has 4 aromatic rings. The van der Waals surface area contributed by atoms with Crippen LogP contribution in [-0.2, 0) is 6.54 Å². The van der Waals surface area contributed by atoms with E-state index in [2.05, 4.69) is 39.0 Å². The molecule has 0 unspecified atom stereocenters. The molecule has 0 N–H and O–H groups in total. The highest BCUT2D eigenvalue weighted by molar-refractivity contribution is 7.13. The van der Waals surface area contributed by atoms with E-state index in [9.17, 15) is 4.79 Å². The van der Waals surface area contributed by atoms with Gasteiger partial charge in [-0.25, -0.2) is 4.98 Å². The zero-order chi connectivity index (χ0) is 20.3. The topological polar surface area (TPSA) is 54.3 Å². The molecule has 0 radical (unpaired) electrons. The Morgan fingerprint density at radius 3 is 2.42 bits per heavy atom. The number of unbranched alkanes of at least 4 members (excludes halogenated alkanes) is 1. The molecule has 0 atom stereocenters. The van der Waals surface area contributed by atoms with E-state index < -0.39 is 0 Å². The Morgan fingerprint density at radius 2 is 1.58 bits per heavy atom. The van der Waals surface area contributed by atoms with Gasteiger partial charge in [-0.05, 0) is 55.2 Å². The maximum atomic E-state index is 12.6. The van der Waals surface area contributed by atoms with E-state index in [0.717, 1.165) is 63.4 Å². The largest absolute Gasteiger partial charge is 0.353 e. The summed E-state index contributed by atoms with van der Waals surface area (Å²) >= 11 is 1.59. The van der Waals surface area contributed by atoms with Crippen molar-refractivity contribution in [3.63, 3.8) is 0 Å². The number of aromatic nitrogens is 3. The van der Waals surface area contributed by atoms with Crippen LogP contribution in [0.1, 0.15) is 12.8 Å². The van der Waals surface area contributed by atoms with Crippen LogP contribution in [0.5, 0.6) is 0 Å². The SMILES string of the molecule is Cl.O=c1c2ccccc2ncn1CCCCN1CCN(c2nsc3ccccc23)CC1. The van der Waals surface area contributed by atoms with Gasteiger partial charge < -0.3 is 4.90 Å². The third kappa shape index (κ3) is 4.59. The number of benzene rings is 2. The van der Waals surface area contributed by atoms with E-state index in [-0.39, 0.29) is 18.0 Å². The van der Waals surface area contributed by atoms with Crippen LogP contribution in [0.25, 0.3) is 21.0 Å². The Kier molecular flexibility index (Phi) is 6.85. The summed E-state index contributed by atoms with van der Waals surface area (Å²) in [6.45, 7) is 5.94. The van der Waals surface area contributed by atoms with Crippen LogP contribution in [-0.4, -0.2) is 51.5 Å². The monoisotopic (exact) mass is 455 g/mol. The Hall–Kier alpha value is -2.48. The first kappa shape index (κ1) is 21.7. The van der Waals surface area contributed by atoms with E-state index in [1.165, 1.54) is 10.1 Å². The Labute approximate surface area is 191 Å². The van der Waals surface area contributed by atoms with Crippen molar-refractivity contribution in [3.05, 3.63) is 65.2 Å². The van der Waals surface area contributed by atoms with Crippen molar-refractivity contribution >= 4 is 50.7 Å². The number of piperazine rings is 1. The number of nitrogens with zero attached hydrogens (tertiary/aromatic N) is 5. The Bertz CT molecular complexity index is 1220. The molecule has 3 heterocycles. The smallest absolute Gasteiger partial charge is 0.261 e. The van der Waals surface area contributed by atoms with E-state index in [1.54, 1.807) is 22.4 Å². The molecule has 1 saturated heterocycles. The van der Waals surface area contributed by atoms with Crippen molar-refractivity contribution in [3.8, 4) is 0 Å². The van der Waals surface area contributed by atoms with Gasteiger partial charge in [0, 0.05) is 38.1 Å². The first-order valence-electron chi connectivity index (χ1n) is 10.6. The quantitative estimate of drug-likeness (QED) is 0.411. The van der Waals surface area contributed by atoms with Gasteiger partial charge in [-0.15, -0.1) is 12.4 Å². The summed E-state index contributed by atoms with van der Waals surface area (Å²) in [6, 6.07) is 16.0. The lowest BCUT2D eigenvalue weighted by atomic mass is 10.2. The molecular formula is C23H26ClN5OS. The summed E-state index contributed by atoms with van der Waals surface area (Å²) in [4.78, 5) is 21.9. The van der Waals surface area contributed by atoms with Crippen LogP contribution >= 0.6 is 23.9 Å². The number of hydrogen-bond donors (Lipinski definition) is 0. The summed E-state index contributed by atoms with van der Waals surface area (Å²) in [5.74, 6) is 1.14. The van der Waals surface area contributed by atoms with Crippen LogP contribution in [0.15, 0.2) is 59.7 Å². The predicted molar refractivity (Wildman–Crippen MR) is 131 cm³/mol. The number of hydrogen-bond acceptors (Lipinski definition) is 6. The highest BCUT2D eigenvalue weighted by atomic mass is 35.5. The molecular weight excluding hydrogens is 430 g/mol. The van der Waals surface area contributed by atoms with Gasteiger partial charge in [-0.3, -0.25) is 14.3 Å². The molecule has 0 amide bonds. The first-order chi connectivity index (χ1) is 14.8. The lowest BCUT2D eigenvalue weighted by molar-refractivity contribution is 0.251. The number of rotatable bonds is 6. The molecule has 2 aromatic heterocycles. The molecule has 0 bridgehead atoms. The minimum Gasteiger partial charge on any atom is -0.353 e. The first-order valence-corrected chi connectivity index (χ1v) is 11.3. The predicted octanol–water partition coefficient (Wildman–Crippen LogP) is 4.03. The van der Waals surface area contributed by atoms with Gasteiger partial charge in [-0.1, -0.05) is 24.3 Å². The minimum absolute atomic E-state index is 0. The normalized spacial score (nSPS) is 14.8. The van der Waals surface area contributed by atoms with Crippen LogP contribution in [0.4, 0.5) is 5.82 Å². The fraction of sp³-hybridized carbons (Fsp3) is 0.348. The third-order valence-corrected chi connectivity index (χ3v) is 6.70. The van der Waals surface area contributed by atoms with Gasteiger partial charge >= 0.3 is 0 Å². The van der Waals surface area contributed by atoms with Gasteiger partial charge in [-0.2, -0.15) is 4.37 Å². The Morgan fingerprint density at radius 1 is 0.871 bits per heavy atom. The lowest BCUT2D eigenvalue weighted by Crippen LogP contribution is -2.46.